The van der Waals surface area contributed by atoms with Crippen molar-refractivity contribution in [1.82, 2.24) is 19.2 Å². The molecule has 0 saturated carbocycles. The molecule has 3 rings (SSSR count). The van der Waals surface area contributed by atoms with E-state index in [0.717, 1.165) is 17.1 Å². The van der Waals surface area contributed by atoms with Crippen LogP contribution in [0.25, 0.3) is 0 Å². The highest BCUT2D eigenvalue weighted by Gasteiger charge is 2.23. The molecule has 0 radical (unpaired) electrons. The second-order valence-electron chi connectivity index (χ2n) is 6.63. The van der Waals surface area contributed by atoms with Crippen molar-refractivity contribution in [1.29, 1.82) is 0 Å². The summed E-state index contributed by atoms with van der Waals surface area (Å²) < 4.78 is 29.8. The molecule has 160 valence electrons. The predicted molar refractivity (Wildman–Crippen MR) is 124 cm³/mol. The highest BCUT2D eigenvalue weighted by molar-refractivity contribution is 14.2. The number of imidazole rings is 1. The summed E-state index contributed by atoms with van der Waals surface area (Å²) >= 11 is 8.35. The quantitative estimate of drug-likeness (QED) is 0.147. The summed E-state index contributed by atoms with van der Waals surface area (Å²) in [5, 5.41) is 4.73. The Morgan fingerprint density at radius 3 is 2.90 bits per heavy atom. The van der Waals surface area contributed by atoms with Crippen LogP contribution in [0.3, 0.4) is 0 Å². The van der Waals surface area contributed by atoms with Crippen molar-refractivity contribution in [2.75, 3.05) is 6.54 Å². The lowest BCUT2D eigenvalue weighted by atomic mass is 10.1. The van der Waals surface area contributed by atoms with Crippen LogP contribution in [0.15, 0.2) is 46.4 Å². The van der Waals surface area contributed by atoms with Gasteiger partial charge in [-0.15, -0.1) is 0 Å². The first-order chi connectivity index (χ1) is 14.4. The first-order valence-electron chi connectivity index (χ1n) is 9.09. The van der Waals surface area contributed by atoms with Crippen LogP contribution in [0.1, 0.15) is 35.9 Å². The summed E-state index contributed by atoms with van der Waals surface area (Å²) in [6.45, 7) is 3.33. The fraction of sp³-hybridized carbons (Fsp3) is 0.316. The summed E-state index contributed by atoms with van der Waals surface area (Å²) in [7, 11) is 0. The van der Waals surface area contributed by atoms with Crippen LogP contribution in [0.4, 0.5) is 8.78 Å². The van der Waals surface area contributed by atoms with Crippen molar-refractivity contribution in [3.63, 3.8) is 0 Å². The molecule has 30 heavy (non-hydrogen) atoms. The van der Waals surface area contributed by atoms with Gasteiger partial charge in [0.05, 0.1) is 36.9 Å². The molecule has 0 spiro atoms. The van der Waals surface area contributed by atoms with Crippen molar-refractivity contribution in [2.24, 2.45) is 5.10 Å². The summed E-state index contributed by atoms with van der Waals surface area (Å²) in [5.41, 5.74) is 3.27. The number of benzene rings is 1. The Balaban J connectivity index is 1.79. The van der Waals surface area contributed by atoms with Gasteiger partial charge in [-0.25, -0.2) is 18.5 Å². The van der Waals surface area contributed by atoms with E-state index in [1.165, 1.54) is 10.8 Å². The number of aromatic nitrogens is 2. The van der Waals surface area contributed by atoms with Gasteiger partial charge < -0.3 is 9.47 Å². The van der Waals surface area contributed by atoms with Gasteiger partial charge in [-0.1, -0.05) is 35.9 Å². The van der Waals surface area contributed by atoms with Crippen LogP contribution in [0, 0.1) is 0 Å². The highest BCUT2D eigenvalue weighted by Crippen LogP contribution is 2.28. The van der Waals surface area contributed by atoms with Gasteiger partial charge in [0.2, 0.25) is 6.41 Å². The Bertz CT molecular complexity index is 964. The third-order valence-corrected chi connectivity index (χ3v) is 6.88. The van der Waals surface area contributed by atoms with E-state index >= 15 is 0 Å². The maximum atomic E-state index is 13.3. The lowest BCUT2D eigenvalue weighted by molar-refractivity contribution is -0.113. The molecule has 0 aliphatic carbocycles. The largest absolute Gasteiger partial charge is 0.363 e. The average molecular weight is 566 g/mol. The zero-order valence-corrected chi connectivity index (χ0v) is 20.0. The number of amides is 1. The molecule has 1 aromatic carbocycles. The smallest absolute Gasteiger partial charge is 0.264 e. The Kier molecular flexibility index (Phi) is 8.19. The summed E-state index contributed by atoms with van der Waals surface area (Å²) in [5.74, 6) is 0. The van der Waals surface area contributed by atoms with E-state index in [2.05, 4.69) is 37.0 Å². The SMILES string of the molecule is C/C(Cl)=C(\C=N/N(C=O)PI)N1CCc2c(ncn2Cc2ccccc2C(F)F)C1. The van der Waals surface area contributed by atoms with Crippen LogP contribution >= 0.6 is 40.0 Å². The second-order valence-corrected chi connectivity index (χ2v) is 9.28. The Morgan fingerprint density at radius 2 is 2.23 bits per heavy atom. The molecule has 0 bridgehead atoms. The number of rotatable bonds is 8. The van der Waals surface area contributed by atoms with Crippen LogP contribution in [-0.4, -0.2) is 38.4 Å². The van der Waals surface area contributed by atoms with Crippen molar-refractivity contribution < 1.29 is 13.6 Å². The third-order valence-electron chi connectivity index (χ3n) is 4.81. The van der Waals surface area contributed by atoms with E-state index in [1.54, 1.807) is 37.7 Å². The second kappa shape index (κ2) is 10.6. The third kappa shape index (κ3) is 5.36. The van der Waals surface area contributed by atoms with E-state index in [1.807, 2.05) is 4.57 Å². The monoisotopic (exact) mass is 565 g/mol. The fourth-order valence-electron chi connectivity index (χ4n) is 3.36. The number of carbonyl (C=O) groups excluding carboxylic acids is 1. The zero-order chi connectivity index (χ0) is 21.7. The van der Waals surface area contributed by atoms with Crippen LogP contribution < -0.4 is 0 Å². The minimum absolute atomic E-state index is 0.0484. The van der Waals surface area contributed by atoms with Crippen molar-refractivity contribution in [2.45, 2.75) is 32.9 Å². The van der Waals surface area contributed by atoms with Gasteiger partial charge in [0.1, 0.15) is 0 Å². The number of carbonyl (C=O) groups is 1. The first kappa shape index (κ1) is 23.1. The number of alkyl halides is 2. The van der Waals surface area contributed by atoms with Crippen molar-refractivity contribution >= 4 is 52.6 Å². The minimum atomic E-state index is -2.51. The van der Waals surface area contributed by atoms with Gasteiger partial charge >= 0.3 is 0 Å². The molecule has 0 fully saturated rings. The van der Waals surface area contributed by atoms with Gasteiger partial charge in [-0.05, 0) is 34.5 Å². The molecule has 1 unspecified atom stereocenters. The van der Waals surface area contributed by atoms with Gasteiger partial charge in [0.25, 0.3) is 6.43 Å². The van der Waals surface area contributed by atoms with E-state index in [4.69, 9.17) is 11.6 Å². The van der Waals surface area contributed by atoms with E-state index in [0.29, 0.717) is 43.1 Å². The predicted octanol–water partition coefficient (Wildman–Crippen LogP) is 5.09. The highest BCUT2D eigenvalue weighted by atomic mass is 127. The van der Waals surface area contributed by atoms with Crippen LogP contribution in [0.2, 0.25) is 0 Å². The number of hydrogen-bond acceptors (Lipinski definition) is 4. The number of nitrogens with zero attached hydrogens (tertiary/aromatic N) is 5. The number of hydrazone groups is 1. The molecule has 1 aliphatic rings. The average Bonchev–Trinajstić information content (AvgIpc) is 3.13. The van der Waals surface area contributed by atoms with Gasteiger partial charge in [0, 0.05) is 35.8 Å². The number of fused-ring (bicyclic) bond motifs is 1. The van der Waals surface area contributed by atoms with Crippen molar-refractivity contribution in [3.05, 3.63) is 63.8 Å². The summed E-state index contributed by atoms with van der Waals surface area (Å²) in [4.78, 5) is 17.5. The Hall–Kier alpha value is -1.58. The molecule has 0 N–H and O–H groups in total. The lowest BCUT2D eigenvalue weighted by Crippen LogP contribution is -2.32. The lowest BCUT2D eigenvalue weighted by Gasteiger charge is -2.30. The molecular weight excluding hydrogens is 546 g/mol. The van der Waals surface area contributed by atoms with Gasteiger partial charge in [-0.2, -0.15) is 5.10 Å². The normalized spacial score (nSPS) is 15.2. The van der Waals surface area contributed by atoms with Gasteiger partial charge in [0.15, 0.2) is 0 Å². The molecule has 1 aromatic heterocycles. The maximum absolute atomic E-state index is 13.3. The van der Waals surface area contributed by atoms with E-state index < -0.39 is 6.43 Å². The Labute approximate surface area is 193 Å². The maximum Gasteiger partial charge on any atom is 0.264 e. The fourth-order valence-corrected chi connectivity index (χ4v) is 4.39. The molecule has 1 aliphatic heterocycles. The molecule has 2 aromatic rings. The van der Waals surface area contributed by atoms with E-state index in [9.17, 15) is 13.6 Å². The molecule has 6 nitrogen and oxygen atoms in total. The molecule has 0 saturated heterocycles. The van der Waals surface area contributed by atoms with Crippen LogP contribution in [0.5, 0.6) is 0 Å². The first-order valence-corrected chi connectivity index (χ1v) is 13.5. The van der Waals surface area contributed by atoms with Gasteiger partial charge in [-0.3, -0.25) is 4.79 Å². The molecule has 1 amide bonds. The number of allylic oxidation sites excluding steroid dienone is 2. The minimum Gasteiger partial charge on any atom is -0.363 e. The molecule has 11 heteroatoms. The summed E-state index contributed by atoms with van der Waals surface area (Å²) in [6, 6.07) is 6.58. The molecule has 1 atom stereocenters. The molecule has 2 heterocycles. The Morgan fingerprint density at radius 1 is 1.47 bits per heavy atom. The number of halogens is 4. The van der Waals surface area contributed by atoms with E-state index in [-0.39, 0.29) is 11.9 Å². The molecular formula is C19H20ClF2IN5OP. The topological polar surface area (TPSA) is 53.7 Å². The van der Waals surface area contributed by atoms with Crippen LogP contribution in [-0.2, 0) is 24.3 Å². The zero-order valence-electron chi connectivity index (χ0n) is 16.1. The number of hydrogen-bond donors (Lipinski definition) is 0. The standard InChI is InChI=1S/C19H20ClF2IN5OP/c1-13(20)18(8-25-28(12-29)30-23)26-7-6-17-16(10-26)24-11-27(17)9-14-4-2-3-5-15(14)19(21)22/h2-5,8,11-12,19,30H,6-7,9-10H2,1H3/b18-13-,25-8-. The summed E-state index contributed by atoms with van der Waals surface area (Å²) in [6.07, 6.45) is 2.33. The van der Waals surface area contributed by atoms with Crippen molar-refractivity contribution in [3.8, 4) is 0 Å².